The van der Waals surface area contributed by atoms with Crippen molar-refractivity contribution in [3.8, 4) is 5.75 Å². The van der Waals surface area contributed by atoms with Crippen LogP contribution in [0.3, 0.4) is 0 Å². The van der Waals surface area contributed by atoms with Crippen LogP contribution < -0.4 is 4.74 Å². The smallest absolute Gasteiger partial charge is 0.260 e. The Kier molecular flexibility index (Phi) is 2.49. The van der Waals surface area contributed by atoms with Crippen LogP contribution in [0, 0.1) is 0 Å². The van der Waals surface area contributed by atoms with E-state index in [1.54, 1.807) is 11.3 Å². The van der Waals surface area contributed by atoms with Crippen LogP contribution in [0.25, 0.3) is 10.1 Å². The van der Waals surface area contributed by atoms with Crippen molar-refractivity contribution in [2.45, 2.75) is 0 Å². The van der Waals surface area contributed by atoms with E-state index in [1.807, 2.05) is 29.6 Å². The molecule has 13 heavy (non-hydrogen) atoms. The van der Waals surface area contributed by atoms with Gasteiger partial charge in [0.05, 0.1) is 0 Å². The lowest BCUT2D eigenvalue weighted by Gasteiger charge is -2.00. The highest BCUT2D eigenvalue weighted by molar-refractivity contribution is 7.82. The third-order valence-electron chi connectivity index (χ3n) is 1.62. The maximum absolute atomic E-state index is 5.45. The molecule has 0 N–H and O–H groups in total. The van der Waals surface area contributed by atoms with E-state index in [4.69, 9.17) is 16.3 Å². The van der Waals surface area contributed by atoms with Gasteiger partial charge < -0.3 is 4.74 Å². The predicted octanol–water partition coefficient (Wildman–Crippen LogP) is 3.80. The Morgan fingerprint density at radius 3 is 3.00 bits per heavy atom. The van der Waals surface area contributed by atoms with Crippen molar-refractivity contribution in [1.82, 2.24) is 0 Å². The van der Waals surface area contributed by atoms with Gasteiger partial charge in [0, 0.05) is 4.70 Å². The molecule has 0 aliphatic carbocycles. The summed E-state index contributed by atoms with van der Waals surface area (Å²) in [5.41, 5.74) is 0. The molecule has 4 heteroatoms. The van der Waals surface area contributed by atoms with E-state index in [2.05, 4.69) is 12.2 Å². The van der Waals surface area contributed by atoms with Gasteiger partial charge in [-0.1, -0.05) is 0 Å². The van der Waals surface area contributed by atoms with E-state index >= 15 is 0 Å². The fourth-order valence-electron chi connectivity index (χ4n) is 1.10. The van der Waals surface area contributed by atoms with E-state index in [-0.39, 0.29) is 4.51 Å². The monoisotopic (exact) mass is 228 g/mol. The van der Waals surface area contributed by atoms with Gasteiger partial charge in [-0.3, -0.25) is 0 Å². The highest BCUT2D eigenvalue weighted by atomic mass is 35.5. The molecule has 0 saturated carbocycles. The molecule has 1 heterocycles. The highest BCUT2D eigenvalue weighted by Crippen LogP contribution is 2.25. The van der Waals surface area contributed by atoms with Gasteiger partial charge in [-0.25, -0.2) is 0 Å². The number of rotatable bonds is 1. The first-order valence-electron chi connectivity index (χ1n) is 3.60. The molecular weight excluding hydrogens is 224 g/mol. The van der Waals surface area contributed by atoms with Gasteiger partial charge in [0.1, 0.15) is 5.75 Å². The van der Waals surface area contributed by atoms with Gasteiger partial charge in [0.2, 0.25) is 0 Å². The Morgan fingerprint density at radius 2 is 2.23 bits per heavy atom. The van der Waals surface area contributed by atoms with Crippen molar-refractivity contribution >= 4 is 49.8 Å². The number of hydrogen-bond donors (Lipinski definition) is 0. The molecule has 0 unspecified atom stereocenters. The zero-order valence-corrected chi connectivity index (χ0v) is 8.88. The van der Waals surface area contributed by atoms with Crippen molar-refractivity contribution in [3.05, 3.63) is 29.6 Å². The minimum absolute atomic E-state index is 0.0228. The summed E-state index contributed by atoms with van der Waals surface area (Å²) in [6.07, 6.45) is 0. The molecule has 1 nitrogen and oxygen atoms in total. The number of fused-ring (bicyclic) bond motifs is 1. The molecule has 0 saturated heterocycles. The second kappa shape index (κ2) is 3.62. The SMILES string of the molecule is S=C(Cl)Oc1ccc2sccc2c1. The van der Waals surface area contributed by atoms with Gasteiger partial charge >= 0.3 is 0 Å². The zero-order valence-electron chi connectivity index (χ0n) is 6.49. The first-order chi connectivity index (χ1) is 6.25. The van der Waals surface area contributed by atoms with E-state index in [1.165, 1.54) is 4.70 Å². The maximum Gasteiger partial charge on any atom is 0.260 e. The van der Waals surface area contributed by atoms with Crippen molar-refractivity contribution < 1.29 is 4.74 Å². The summed E-state index contributed by atoms with van der Waals surface area (Å²) in [4.78, 5) is 0. The lowest BCUT2D eigenvalue weighted by Crippen LogP contribution is -1.94. The topological polar surface area (TPSA) is 9.23 Å². The maximum atomic E-state index is 5.45. The summed E-state index contributed by atoms with van der Waals surface area (Å²) in [5, 5.41) is 3.18. The van der Waals surface area contributed by atoms with Crippen LogP contribution in [0.15, 0.2) is 29.6 Å². The minimum atomic E-state index is 0.0228. The van der Waals surface area contributed by atoms with Crippen LogP contribution in [0.4, 0.5) is 0 Å². The Hall–Kier alpha value is -0.640. The molecule has 1 aromatic carbocycles. The molecule has 0 atom stereocenters. The molecule has 0 amide bonds. The summed E-state index contributed by atoms with van der Waals surface area (Å²) >= 11 is 11.8. The number of thiocarbonyl (C=S) groups is 1. The number of hydrogen-bond acceptors (Lipinski definition) is 3. The van der Waals surface area contributed by atoms with Crippen LogP contribution >= 0.6 is 35.2 Å². The summed E-state index contributed by atoms with van der Waals surface area (Å²) in [6, 6.07) is 7.79. The number of benzene rings is 1. The Bertz CT molecular complexity index is 450. The molecule has 0 radical (unpaired) electrons. The van der Waals surface area contributed by atoms with Gasteiger partial charge in [0.25, 0.3) is 4.51 Å². The van der Waals surface area contributed by atoms with Crippen molar-refractivity contribution in [3.63, 3.8) is 0 Å². The molecule has 2 aromatic rings. The number of thiophene rings is 1. The third-order valence-corrected chi connectivity index (χ3v) is 2.68. The molecular formula is C9H5ClOS2. The van der Waals surface area contributed by atoms with E-state index < -0.39 is 0 Å². The van der Waals surface area contributed by atoms with Crippen LogP contribution in [0.5, 0.6) is 5.75 Å². The molecule has 66 valence electrons. The van der Waals surface area contributed by atoms with Gasteiger partial charge in [-0.05, 0) is 58.9 Å². The Balaban J connectivity index is 2.42. The predicted molar refractivity (Wildman–Crippen MR) is 60.9 cm³/mol. The van der Waals surface area contributed by atoms with E-state index in [9.17, 15) is 0 Å². The molecule has 0 aliphatic heterocycles. The summed E-state index contributed by atoms with van der Waals surface area (Å²) in [6.45, 7) is 0. The van der Waals surface area contributed by atoms with Gasteiger partial charge in [-0.2, -0.15) is 0 Å². The molecule has 2 rings (SSSR count). The van der Waals surface area contributed by atoms with Crippen molar-refractivity contribution in [1.29, 1.82) is 0 Å². The highest BCUT2D eigenvalue weighted by Gasteiger charge is 1.99. The quantitative estimate of drug-likeness (QED) is 0.542. The van der Waals surface area contributed by atoms with Crippen LogP contribution in [0.2, 0.25) is 0 Å². The minimum Gasteiger partial charge on any atom is -0.436 e. The normalized spacial score (nSPS) is 10.2. The third kappa shape index (κ3) is 1.99. The largest absolute Gasteiger partial charge is 0.436 e. The lowest BCUT2D eigenvalue weighted by atomic mass is 10.2. The summed E-state index contributed by atoms with van der Waals surface area (Å²) in [7, 11) is 0. The second-order valence-corrected chi connectivity index (χ2v) is 4.35. The molecule has 1 aromatic heterocycles. The molecule has 0 fully saturated rings. The van der Waals surface area contributed by atoms with Crippen molar-refractivity contribution in [2.24, 2.45) is 0 Å². The van der Waals surface area contributed by atoms with E-state index in [0.29, 0.717) is 5.75 Å². The molecule has 0 aliphatic rings. The first kappa shape index (κ1) is 8.94. The average Bonchev–Trinajstić information content (AvgIpc) is 2.49. The van der Waals surface area contributed by atoms with Gasteiger partial charge in [-0.15, -0.1) is 11.3 Å². The van der Waals surface area contributed by atoms with E-state index in [0.717, 1.165) is 5.39 Å². The average molecular weight is 229 g/mol. The van der Waals surface area contributed by atoms with Gasteiger partial charge in [0.15, 0.2) is 0 Å². The first-order valence-corrected chi connectivity index (χ1v) is 5.27. The second-order valence-electron chi connectivity index (χ2n) is 2.46. The number of halogens is 1. The summed E-state index contributed by atoms with van der Waals surface area (Å²) < 4.78 is 6.35. The number of ether oxygens (including phenoxy) is 1. The van der Waals surface area contributed by atoms with Crippen LogP contribution in [0.1, 0.15) is 0 Å². The molecule has 0 bridgehead atoms. The lowest BCUT2D eigenvalue weighted by molar-refractivity contribution is 0.579. The van der Waals surface area contributed by atoms with Crippen LogP contribution in [-0.4, -0.2) is 4.51 Å². The standard InChI is InChI=1S/C9H5ClOS2/c10-9(12)11-7-1-2-8-6(5-7)3-4-13-8/h1-5H. The Morgan fingerprint density at radius 1 is 1.38 bits per heavy atom. The fourth-order valence-corrected chi connectivity index (χ4v) is 2.06. The van der Waals surface area contributed by atoms with Crippen LogP contribution in [-0.2, 0) is 0 Å². The Labute approximate surface area is 89.9 Å². The fraction of sp³-hybridized carbons (Fsp3) is 0. The zero-order chi connectivity index (χ0) is 9.26. The summed E-state index contributed by atoms with van der Waals surface area (Å²) in [5.74, 6) is 0.686. The van der Waals surface area contributed by atoms with Crippen molar-refractivity contribution in [2.75, 3.05) is 0 Å². The molecule has 0 spiro atoms.